The van der Waals surface area contributed by atoms with Crippen LogP contribution >= 0.6 is 0 Å². The van der Waals surface area contributed by atoms with Gasteiger partial charge in [0.25, 0.3) is 5.56 Å². The lowest BCUT2D eigenvalue weighted by Gasteiger charge is -2.24. The van der Waals surface area contributed by atoms with Crippen LogP contribution < -0.4 is 17.1 Å². The van der Waals surface area contributed by atoms with Crippen LogP contribution in [-0.2, 0) is 12.7 Å². The van der Waals surface area contributed by atoms with Crippen molar-refractivity contribution in [3.05, 3.63) is 98.4 Å². The van der Waals surface area contributed by atoms with E-state index in [-0.39, 0.29) is 16.5 Å². The summed E-state index contributed by atoms with van der Waals surface area (Å²) in [4.78, 5) is 16.9. The minimum absolute atomic E-state index is 0.151. The fourth-order valence-electron chi connectivity index (χ4n) is 4.83. The van der Waals surface area contributed by atoms with E-state index < -0.39 is 64.4 Å². The molecule has 3 aromatic rings. The second-order valence-corrected chi connectivity index (χ2v) is 10.1. The lowest BCUT2D eigenvalue weighted by atomic mass is 9.84. The van der Waals surface area contributed by atoms with Gasteiger partial charge in [-0.2, -0.15) is 31.4 Å². The predicted molar refractivity (Wildman–Crippen MR) is 143 cm³/mol. The smallest absolute Gasteiger partial charge is 0.395 e. The van der Waals surface area contributed by atoms with Crippen molar-refractivity contribution in [2.45, 2.75) is 63.8 Å². The van der Waals surface area contributed by atoms with Gasteiger partial charge in [-0.3, -0.25) is 9.78 Å². The third-order valence-electron chi connectivity index (χ3n) is 6.70. The lowest BCUT2D eigenvalue weighted by molar-refractivity contribution is -0.138. The summed E-state index contributed by atoms with van der Waals surface area (Å²) >= 11 is 0. The molecule has 0 bridgehead atoms. The first-order valence-electron chi connectivity index (χ1n) is 13.1. The molecule has 0 aliphatic heterocycles. The number of aryl methyl sites for hydroxylation is 1. The average molecular weight is 619 g/mol. The summed E-state index contributed by atoms with van der Waals surface area (Å²) in [6.07, 6.45) is -4.76. The van der Waals surface area contributed by atoms with Gasteiger partial charge in [-0.15, -0.1) is 0 Å². The van der Waals surface area contributed by atoms with Gasteiger partial charge >= 0.3 is 12.4 Å². The van der Waals surface area contributed by atoms with Gasteiger partial charge in [-0.1, -0.05) is 19.3 Å². The molecule has 1 aliphatic rings. The molecule has 1 saturated carbocycles. The van der Waals surface area contributed by atoms with E-state index in [1.165, 1.54) is 18.2 Å². The first-order valence-corrected chi connectivity index (χ1v) is 13.1. The highest BCUT2D eigenvalue weighted by atomic mass is 19.4. The van der Waals surface area contributed by atoms with Gasteiger partial charge < -0.3 is 10.7 Å². The van der Waals surface area contributed by atoms with Crippen LogP contribution in [0.1, 0.15) is 66.1 Å². The second kappa shape index (κ2) is 13.5. The van der Waals surface area contributed by atoms with Gasteiger partial charge in [0.2, 0.25) is 0 Å². The largest absolute Gasteiger partial charge is 0.434 e. The number of pyridine rings is 1. The minimum atomic E-state index is -4.94. The van der Waals surface area contributed by atoms with Crippen molar-refractivity contribution in [3.63, 3.8) is 0 Å². The van der Waals surface area contributed by atoms with Gasteiger partial charge in [0, 0.05) is 24.9 Å². The molecule has 43 heavy (non-hydrogen) atoms. The van der Waals surface area contributed by atoms with Crippen LogP contribution in [0, 0.1) is 18.6 Å². The number of hydrogen-bond acceptors (Lipinski definition) is 6. The van der Waals surface area contributed by atoms with Crippen molar-refractivity contribution in [2.24, 2.45) is 11.6 Å². The number of halogens is 8. The fraction of sp³-hybridized carbons (Fsp3) is 0.393. The average Bonchev–Trinajstić information content (AvgIpc) is 2.88. The molecular weight excluding hydrogens is 588 g/mol. The second-order valence-electron chi connectivity index (χ2n) is 10.1. The molecule has 2 aromatic heterocycles. The monoisotopic (exact) mass is 618 g/mol. The quantitative estimate of drug-likeness (QED) is 0.206. The zero-order chi connectivity index (χ0) is 32.1. The highest BCUT2D eigenvalue weighted by molar-refractivity contribution is 5.63. The molecule has 4 N–H and O–H groups in total. The Kier molecular flexibility index (Phi) is 10.5. The number of nitrogens with two attached hydrogens (primary N) is 2. The number of hydrogen-bond donors (Lipinski definition) is 2. The van der Waals surface area contributed by atoms with Crippen LogP contribution in [0.3, 0.4) is 0 Å². The van der Waals surface area contributed by atoms with E-state index in [2.05, 4.69) is 10.1 Å². The molecule has 0 atom stereocenters. The maximum atomic E-state index is 13.6. The molecule has 7 nitrogen and oxygen atoms in total. The predicted octanol–water partition coefficient (Wildman–Crippen LogP) is 6.02. The highest BCUT2D eigenvalue weighted by Crippen LogP contribution is 2.34. The van der Waals surface area contributed by atoms with Gasteiger partial charge in [0.1, 0.15) is 17.3 Å². The van der Waals surface area contributed by atoms with Crippen molar-refractivity contribution >= 4 is 5.70 Å². The number of nitrogens with zero attached hydrogens (tertiary/aromatic N) is 4. The van der Waals surface area contributed by atoms with E-state index in [0.29, 0.717) is 23.1 Å². The van der Waals surface area contributed by atoms with E-state index in [9.17, 15) is 39.9 Å². The molecule has 15 heteroatoms. The van der Waals surface area contributed by atoms with E-state index >= 15 is 0 Å². The SMILES string of the molecule is CN(N)/C(=C(\N)c1cc(C2CCCCC2)c(=O)n(Cc2ncccc2C(F)(F)F)n1)C(F)(F)F.Cc1cc(F)cc(F)c1. The standard InChI is InChI=1S/C21H24F6N6O.C7H6F2/c1-32(29)18(21(25,26)27)17(28)15-10-13(12-6-3-2-4-7-12)19(34)33(31-15)11-16-14(20(22,23)24)8-5-9-30-16;1-5-2-6(8)4-7(9)3-5/h5,8-10,12H,2-4,6-7,11,28-29H2,1H3;2-4H,1H3/b18-17-;. The number of aromatic nitrogens is 3. The van der Waals surface area contributed by atoms with E-state index in [0.717, 1.165) is 50.7 Å². The maximum absolute atomic E-state index is 13.6. The molecule has 0 amide bonds. The van der Waals surface area contributed by atoms with Gasteiger partial charge in [0.05, 0.1) is 23.5 Å². The molecule has 0 spiro atoms. The Morgan fingerprint density at radius 2 is 1.63 bits per heavy atom. The van der Waals surface area contributed by atoms with Gasteiger partial charge in [-0.25, -0.2) is 19.3 Å². The Hall–Kier alpha value is -4.01. The zero-order valence-electron chi connectivity index (χ0n) is 23.2. The number of allylic oxidation sites excluding steroid dienone is 1. The fourth-order valence-corrected chi connectivity index (χ4v) is 4.83. The van der Waals surface area contributed by atoms with Crippen molar-refractivity contribution in [3.8, 4) is 0 Å². The molecule has 2 heterocycles. The summed E-state index contributed by atoms with van der Waals surface area (Å²) in [6.45, 7) is 0.946. The number of benzene rings is 1. The molecule has 4 rings (SSSR count). The summed E-state index contributed by atoms with van der Waals surface area (Å²) in [5.74, 6) is 4.02. The normalized spacial score (nSPS) is 15.0. The Bertz CT molecular complexity index is 1460. The van der Waals surface area contributed by atoms with Gasteiger partial charge in [0.15, 0.2) is 5.70 Å². The van der Waals surface area contributed by atoms with E-state index in [1.807, 2.05) is 0 Å². The van der Waals surface area contributed by atoms with E-state index in [4.69, 9.17) is 11.6 Å². The van der Waals surface area contributed by atoms with Crippen molar-refractivity contribution in [2.75, 3.05) is 7.05 Å². The zero-order valence-corrected chi connectivity index (χ0v) is 23.2. The Morgan fingerprint density at radius 3 is 2.14 bits per heavy atom. The van der Waals surface area contributed by atoms with Crippen molar-refractivity contribution in [1.82, 2.24) is 19.8 Å². The molecule has 1 aromatic carbocycles. The number of alkyl halides is 6. The minimum Gasteiger partial charge on any atom is -0.395 e. The first-order chi connectivity index (χ1) is 20.0. The van der Waals surface area contributed by atoms with Crippen molar-refractivity contribution < 1.29 is 35.1 Å². The van der Waals surface area contributed by atoms with Crippen LogP contribution in [0.2, 0.25) is 0 Å². The van der Waals surface area contributed by atoms with Crippen LogP contribution in [-0.4, -0.2) is 33.0 Å². The molecule has 0 saturated heterocycles. The highest BCUT2D eigenvalue weighted by Gasteiger charge is 2.39. The van der Waals surface area contributed by atoms with Crippen molar-refractivity contribution in [1.29, 1.82) is 0 Å². The molecule has 234 valence electrons. The molecule has 0 radical (unpaired) electrons. The van der Waals surface area contributed by atoms with Crippen LogP contribution in [0.25, 0.3) is 5.70 Å². The maximum Gasteiger partial charge on any atom is 0.434 e. The Labute approximate surface area is 241 Å². The first kappa shape index (κ1) is 33.5. The van der Waals surface area contributed by atoms with Crippen LogP contribution in [0.4, 0.5) is 35.1 Å². The molecule has 1 aliphatic carbocycles. The van der Waals surface area contributed by atoms with Gasteiger partial charge in [-0.05, 0) is 61.6 Å². The summed E-state index contributed by atoms with van der Waals surface area (Å²) < 4.78 is 106. The third kappa shape index (κ3) is 8.75. The Morgan fingerprint density at radius 1 is 1.02 bits per heavy atom. The van der Waals surface area contributed by atoms with E-state index in [1.54, 1.807) is 6.92 Å². The third-order valence-corrected chi connectivity index (χ3v) is 6.70. The summed E-state index contributed by atoms with van der Waals surface area (Å²) in [7, 11) is 0.942. The topological polar surface area (TPSA) is 103 Å². The summed E-state index contributed by atoms with van der Waals surface area (Å²) in [5, 5.41) is 4.18. The van der Waals surface area contributed by atoms with Crippen LogP contribution in [0.15, 0.2) is 53.1 Å². The Balaban J connectivity index is 0.000000480. The molecular formula is C28H30F8N6O. The number of rotatable bonds is 5. The molecule has 0 unspecified atom stereocenters. The molecule has 1 fully saturated rings. The summed E-state index contributed by atoms with van der Waals surface area (Å²) in [6, 6.07) is 6.50. The number of hydrazine groups is 1. The summed E-state index contributed by atoms with van der Waals surface area (Å²) in [5.41, 5.74) is 1.64. The van der Waals surface area contributed by atoms with Crippen LogP contribution in [0.5, 0.6) is 0 Å². The lowest BCUT2D eigenvalue weighted by Crippen LogP contribution is -2.37.